The molecule has 0 fully saturated rings. The maximum absolute atomic E-state index is 6.11. The van der Waals surface area contributed by atoms with Gasteiger partial charge >= 0.3 is 0 Å². The molecule has 2 aromatic heterocycles. The van der Waals surface area contributed by atoms with Gasteiger partial charge in [0.25, 0.3) is 0 Å². The molecule has 0 aliphatic heterocycles. The lowest BCUT2D eigenvalue weighted by atomic mass is 9.94. The molecule has 1 aliphatic carbocycles. The molecule has 0 bridgehead atoms. The molecule has 15 heavy (non-hydrogen) atoms. The Morgan fingerprint density at radius 1 is 1.33 bits per heavy atom. The fraction of sp³-hybridized carbons (Fsp3) is 0.273. The molecule has 0 amide bonds. The van der Waals surface area contributed by atoms with Crippen molar-refractivity contribution in [1.82, 2.24) is 9.97 Å². The second kappa shape index (κ2) is 3.29. The van der Waals surface area contributed by atoms with E-state index >= 15 is 0 Å². The van der Waals surface area contributed by atoms with Crippen molar-refractivity contribution in [1.29, 1.82) is 0 Å². The van der Waals surface area contributed by atoms with Gasteiger partial charge in [-0.2, -0.15) is 0 Å². The van der Waals surface area contributed by atoms with Crippen LogP contribution in [0.15, 0.2) is 18.5 Å². The molecule has 0 saturated carbocycles. The number of nitrogens with zero attached hydrogens (tertiary/aromatic N) is 2. The van der Waals surface area contributed by atoms with Crippen LogP contribution in [0.25, 0.3) is 10.2 Å². The van der Waals surface area contributed by atoms with Crippen LogP contribution in [-0.4, -0.2) is 9.97 Å². The first-order chi connectivity index (χ1) is 7.25. The molecule has 1 aliphatic rings. The third-order valence-electron chi connectivity index (χ3n) is 2.76. The zero-order chi connectivity index (χ0) is 10.4. The van der Waals surface area contributed by atoms with Gasteiger partial charge < -0.3 is 0 Å². The van der Waals surface area contributed by atoms with Crippen LogP contribution in [0, 0.1) is 0 Å². The van der Waals surface area contributed by atoms with Crippen LogP contribution in [0.1, 0.15) is 16.9 Å². The first kappa shape index (κ1) is 9.31. The van der Waals surface area contributed by atoms with Crippen LogP contribution >= 0.6 is 22.9 Å². The van der Waals surface area contributed by atoms with Gasteiger partial charge in [-0.25, -0.2) is 9.97 Å². The largest absolute Gasteiger partial charge is 0.225 e. The van der Waals surface area contributed by atoms with Gasteiger partial charge in [0.2, 0.25) is 0 Å². The third kappa shape index (κ3) is 1.38. The average Bonchev–Trinajstić information content (AvgIpc) is 2.57. The molecule has 76 valence electrons. The van der Waals surface area contributed by atoms with E-state index in [0.29, 0.717) is 5.15 Å². The van der Waals surface area contributed by atoms with Crippen molar-refractivity contribution in [2.24, 2.45) is 0 Å². The second-order valence-corrected chi connectivity index (χ2v) is 5.22. The van der Waals surface area contributed by atoms with Crippen LogP contribution in [0.4, 0.5) is 0 Å². The fourth-order valence-electron chi connectivity index (χ4n) is 2.02. The Balaban J connectivity index is 2.35. The summed E-state index contributed by atoms with van der Waals surface area (Å²) in [4.78, 5) is 10.7. The number of thiophene rings is 1. The number of allylic oxidation sites excluding steroid dienone is 1. The van der Waals surface area contributed by atoms with Gasteiger partial charge in [-0.3, -0.25) is 0 Å². The highest BCUT2D eigenvalue weighted by molar-refractivity contribution is 7.19. The number of fused-ring (bicyclic) bond motifs is 3. The van der Waals surface area contributed by atoms with Crippen LogP contribution in [-0.2, 0) is 12.8 Å². The van der Waals surface area contributed by atoms with Crippen molar-refractivity contribution in [3.8, 4) is 0 Å². The lowest BCUT2D eigenvalue weighted by Crippen LogP contribution is -2.01. The van der Waals surface area contributed by atoms with Crippen molar-refractivity contribution in [3.63, 3.8) is 0 Å². The van der Waals surface area contributed by atoms with Gasteiger partial charge in [0.1, 0.15) is 16.3 Å². The maximum atomic E-state index is 6.11. The molecule has 0 N–H and O–H groups in total. The Bertz CT molecular complexity index is 559. The number of aryl methyl sites for hydroxylation is 1. The van der Waals surface area contributed by atoms with Crippen molar-refractivity contribution in [2.45, 2.75) is 19.3 Å². The molecular weight excluding hydrogens is 228 g/mol. The zero-order valence-corrected chi connectivity index (χ0v) is 9.66. The van der Waals surface area contributed by atoms with Crippen LogP contribution < -0.4 is 0 Å². The minimum Gasteiger partial charge on any atom is -0.225 e. The van der Waals surface area contributed by atoms with E-state index in [1.807, 2.05) is 0 Å². The van der Waals surface area contributed by atoms with Crippen LogP contribution in [0.5, 0.6) is 0 Å². The Kier molecular flexibility index (Phi) is 2.04. The summed E-state index contributed by atoms with van der Waals surface area (Å²) in [6.07, 6.45) is 4.63. The van der Waals surface area contributed by atoms with Crippen molar-refractivity contribution < 1.29 is 0 Å². The summed E-state index contributed by atoms with van der Waals surface area (Å²) >= 11 is 7.85. The highest BCUT2D eigenvalue weighted by Gasteiger charge is 2.20. The summed E-state index contributed by atoms with van der Waals surface area (Å²) < 4.78 is 0. The van der Waals surface area contributed by atoms with E-state index in [1.165, 1.54) is 22.3 Å². The summed E-state index contributed by atoms with van der Waals surface area (Å²) in [7, 11) is 0. The van der Waals surface area contributed by atoms with Crippen LogP contribution in [0.2, 0.25) is 5.15 Å². The standard InChI is InChI=1S/C11H9ClN2S/c1-6-2-3-8-7(4-6)9-10(12)13-5-14-11(9)15-8/h5H,1-4H2. The summed E-state index contributed by atoms with van der Waals surface area (Å²) in [5.74, 6) is 0. The lowest BCUT2D eigenvalue weighted by Gasteiger charge is -2.13. The van der Waals surface area contributed by atoms with Gasteiger partial charge in [0.05, 0.1) is 5.39 Å². The molecule has 0 unspecified atom stereocenters. The number of hydrogen-bond donors (Lipinski definition) is 0. The Hall–Kier alpha value is -0.930. The van der Waals surface area contributed by atoms with E-state index < -0.39 is 0 Å². The van der Waals surface area contributed by atoms with E-state index in [4.69, 9.17) is 11.6 Å². The van der Waals surface area contributed by atoms with Gasteiger partial charge in [-0.1, -0.05) is 23.8 Å². The van der Waals surface area contributed by atoms with E-state index in [1.54, 1.807) is 11.3 Å². The fourth-order valence-corrected chi connectivity index (χ4v) is 3.48. The molecule has 0 saturated heterocycles. The SMILES string of the molecule is C=C1CCc2sc3ncnc(Cl)c3c2C1. The molecule has 0 atom stereocenters. The Labute approximate surface area is 96.6 Å². The maximum Gasteiger partial charge on any atom is 0.141 e. The minimum atomic E-state index is 0.576. The van der Waals surface area contributed by atoms with Crippen LogP contribution in [0.3, 0.4) is 0 Å². The van der Waals surface area contributed by atoms with Gasteiger partial charge in [-0.15, -0.1) is 11.3 Å². The van der Waals surface area contributed by atoms with E-state index in [2.05, 4.69) is 16.5 Å². The van der Waals surface area contributed by atoms with Gasteiger partial charge in [0.15, 0.2) is 0 Å². The van der Waals surface area contributed by atoms with Crippen molar-refractivity contribution in [3.05, 3.63) is 34.1 Å². The Morgan fingerprint density at radius 3 is 3.07 bits per heavy atom. The lowest BCUT2D eigenvalue weighted by molar-refractivity contribution is 0.865. The molecule has 2 heterocycles. The predicted octanol–water partition coefficient (Wildman–Crippen LogP) is 3.39. The molecule has 0 spiro atoms. The van der Waals surface area contributed by atoms with Crippen molar-refractivity contribution >= 4 is 33.2 Å². The molecule has 2 nitrogen and oxygen atoms in total. The summed E-state index contributed by atoms with van der Waals surface area (Å²) in [6, 6.07) is 0. The molecule has 0 aromatic carbocycles. The first-order valence-electron chi connectivity index (χ1n) is 4.83. The van der Waals surface area contributed by atoms with E-state index in [-0.39, 0.29) is 0 Å². The molecule has 4 heteroatoms. The Morgan fingerprint density at radius 2 is 2.20 bits per heavy atom. The van der Waals surface area contributed by atoms with E-state index in [0.717, 1.165) is 29.5 Å². The first-order valence-corrected chi connectivity index (χ1v) is 6.02. The van der Waals surface area contributed by atoms with Crippen molar-refractivity contribution in [2.75, 3.05) is 0 Å². The molecule has 3 rings (SSSR count). The molecular formula is C11H9ClN2S. The molecule has 0 radical (unpaired) electrons. The average molecular weight is 237 g/mol. The molecule has 2 aromatic rings. The quantitative estimate of drug-likeness (QED) is 0.518. The van der Waals surface area contributed by atoms with Gasteiger partial charge in [0, 0.05) is 4.88 Å². The highest BCUT2D eigenvalue weighted by Crippen LogP contribution is 2.38. The number of halogens is 1. The normalized spacial score (nSPS) is 15.7. The summed E-state index contributed by atoms with van der Waals surface area (Å²) in [5.41, 5.74) is 2.58. The topological polar surface area (TPSA) is 25.8 Å². The summed E-state index contributed by atoms with van der Waals surface area (Å²) in [6.45, 7) is 4.05. The number of aromatic nitrogens is 2. The van der Waals surface area contributed by atoms with Gasteiger partial charge in [-0.05, 0) is 24.8 Å². The number of hydrogen-bond acceptors (Lipinski definition) is 3. The monoisotopic (exact) mass is 236 g/mol. The summed E-state index contributed by atoms with van der Waals surface area (Å²) in [5, 5.41) is 1.62. The predicted molar refractivity (Wildman–Crippen MR) is 63.6 cm³/mol. The second-order valence-electron chi connectivity index (χ2n) is 3.78. The minimum absolute atomic E-state index is 0.576. The highest BCUT2D eigenvalue weighted by atomic mass is 35.5. The zero-order valence-electron chi connectivity index (χ0n) is 8.09. The number of rotatable bonds is 0. The van der Waals surface area contributed by atoms with E-state index in [9.17, 15) is 0 Å². The smallest absolute Gasteiger partial charge is 0.141 e. The third-order valence-corrected chi connectivity index (χ3v) is 4.24.